The number of halogens is 1. The van der Waals surface area contributed by atoms with Crippen LogP contribution in [0.2, 0.25) is 0 Å². The van der Waals surface area contributed by atoms with Gasteiger partial charge in [-0.15, -0.1) is 11.3 Å². The second-order valence-electron chi connectivity index (χ2n) is 4.51. The average molecular weight is 314 g/mol. The van der Waals surface area contributed by atoms with Crippen molar-refractivity contribution in [2.75, 3.05) is 5.73 Å². The second kappa shape index (κ2) is 5.23. The number of nitrogens with zero attached hydrogens (tertiary/aromatic N) is 2. The summed E-state index contributed by atoms with van der Waals surface area (Å²) in [6, 6.07) is 2.05. The molecule has 2 rings (SSSR count). The summed E-state index contributed by atoms with van der Waals surface area (Å²) in [6.45, 7) is 5.35. The van der Waals surface area contributed by atoms with Crippen LogP contribution in [0.3, 0.4) is 0 Å². The van der Waals surface area contributed by atoms with Crippen LogP contribution in [0.15, 0.2) is 22.1 Å². The lowest BCUT2D eigenvalue weighted by Crippen LogP contribution is -2.01. The van der Waals surface area contributed by atoms with Crippen LogP contribution in [0.4, 0.5) is 5.69 Å². The molecule has 5 heteroatoms. The Hall–Kier alpha value is -0.810. The van der Waals surface area contributed by atoms with Crippen molar-refractivity contribution in [1.29, 1.82) is 0 Å². The third-order valence-corrected chi connectivity index (χ3v) is 4.22. The van der Waals surface area contributed by atoms with Gasteiger partial charge in [0.05, 0.1) is 10.6 Å². The fourth-order valence-corrected chi connectivity index (χ4v) is 3.00. The molecule has 92 valence electrons. The van der Waals surface area contributed by atoms with Gasteiger partial charge in [0.1, 0.15) is 5.69 Å². The first-order chi connectivity index (χ1) is 8.06. The predicted octanol–water partition coefficient (Wildman–Crippen LogP) is 4.00. The minimum absolute atomic E-state index is 0.680. The molecule has 17 heavy (non-hydrogen) atoms. The van der Waals surface area contributed by atoms with Crippen LogP contribution < -0.4 is 5.73 Å². The molecular formula is C12H16BrN3S. The van der Waals surface area contributed by atoms with Crippen molar-refractivity contribution in [3.8, 4) is 10.6 Å². The molecule has 0 atom stereocenters. The summed E-state index contributed by atoms with van der Waals surface area (Å²) in [5.74, 6) is 0.680. The maximum Gasteiger partial charge on any atom is 0.125 e. The number of rotatable bonds is 4. The largest absolute Gasteiger partial charge is 0.396 e. The molecule has 0 aliphatic rings. The van der Waals surface area contributed by atoms with Gasteiger partial charge in [0.25, 0.3) is 0 Å². The van der Waals surface area contributed by atoms with Crippen LogP contribution in [0, 0.1) is 5.92 Å². The number of thiophene rings is 1. The lowest BCUT2D eigenvalue weighted by atomic mass is 10.1. The van der Waals surface area contributed by atoms with Crippen molar-refractivity contribution < 1.29 is 0 Å². The predicted molar refractivity (Wildman–Crippen MR) is 77.1 cm³/mol. The zero-order chi connectivity index (χ0) is 12.4. The Balaban J connectivity index is 2.19. The molecule has 0 aliphatic heterocycles. The minimum Gasteiger partial charge on any atom is -0.396 e. The molecule has 2 aromatic rings. The van der Waals surface area contributed by atoms with Gasteiger partial charge in [0.15, 0.2) is 0 Å². The number of aromatic nitrogens is 2. The Kier molecular flexibility index (Phi) is 3.89. The lowest BCUT2D eigenvalue weighted by Gasteiger charge is -2.03. The van der Waals surface area contributed by atoms with E-state index in [1.807, 2.05) is 16.3 Å². The molecule has 0 aliphatic carbocycles. The van der Waals surface area contributed by atoms with Crippen LogP contribution in [-0.2, 0) is 6.54 Å². The molecule has 0 fully saturated rings. The Morgan fingerprint density at radius 1 is 1.53 bits per heavy atom. The molecule has 0 spiro atoms. The Bertz CT molecular complexity index is 502. The molecule has 0 saturated carbocycles. The van der Waals surface area contributed by atoms with E-state index in [0.717, 1.165) is 33.7 Å². The number of hydrogen-bond donors (Lipinski definition) is 1. The van der Waals surface area contributed by atoms with E-state index in [-0.39, 0.29) is 0 Å². The van der Waals surface area contributed by atoms with Gasteiger partial charge in [-0.3, -0.25) is 4.68 Å². The fraction of sp³-hybridized carbons (Fsp3) is 0.417. The summed E-state index contributed by atoms with van der Waals surface area (Å²) < 4.78 is 3.02. The first-order valence-electron chi connectivity index (χ1n) is 5.63. The number of anilines is 1. The molecule has 2 N–H and O–H groups in total. The number of nitrogens with two attached hydrogens (primary N) is 1. The van der Waals surface area contributed by atoms with Gasteiger partial charge >= 0.3 is 0 Å². The van der Waals surface area contributed by atoms with E-state index in [2.05, 4.69) is 40.9 Å². The Labute approximate surface area is 114 Å². The standard InChI is InChI=1S/C12H16BrN3S/c1-8(2)3-4-16-6-10(14)12(15-16)11-5-9(13)7-17-11/h5-8H,3-4,14H2,1-2H3. The van der Waals surface area contributed by atoms with E-state index < -0.39 is 0 Å². The average Bonchev–Trinajstić information content (AvgIpc) is 2.82. The normalized spacial score (nSPS) is 11.3. The van der Waals surface area contributed by atoms with Crippen molar-refractivity contribution in [1.82, 2.24) is 9.78 Å². The zero-order valence-electron chi connectivity index (χ0n) is 9.98. The highest BCUT2D eigenvalue weighted by molar-refractivity contribution is 9.10. The summed E-state index contributed by atoms with van der Waals surface area (Å²) in [5.41, 5.74) is 7.64. The highest BCUT2D eigenvalue weighted by Crippen LogP contribution is 2.32. The summed E-state index contributed by atoms with van der Waals surface area (Å²) in [7, 11) is 0. The van der Waals surface area contributed by atoms with E-state index in [1.165, 1.54) is 0 Å². The first-order valence-corrected chi connectivity index (χ1v) is 7.31. The molecule has 2 heterocycles. The zero-order valence-corrected chi connectivity index (χ0v) is 12.4. The van der Waals surface area contributed by atoms with Gasteiger partial charge in [0, 0.05) is 22.6 Å². The Morgan fingerprint density at radius 2 is 2.29 bits per heavy atom. The van der Waals surface area contributed by atoms with Crippen LogP contribution in [0.1, 0.15) is 20.3 Å². The van der Waals surface area contributed by atoms with Gasteiger partial charge in [0.2, 0.25) is 0 Å². The van der Waals surface area contributed by atoms with Gasteiger partial charge in [-0.05, 0) is 34.3 Å². The quantitative estimate of drug-likeness (QED) is 0.927. The smallest absolute Gasteiger partial charge is 0.125 e. The SMILES string of the molecule is CC(C)CCn1cc(N)c(-c2cc(Br)cs2)n1. The van der Waals surface area contributed by atoms with Crippen LogP contribution in [0.25, 0.3) is 10.6 Å². The van der Waals surface area contributed by atoms with Crippen molar-refractivity contribution in [3.05, 3.63) is 22.1 Å². The van der Waals surface area contributed by atoms with E-state index >= 15 is 0 Å². The fourth-order valence-electron chi connectivity index (χ4n) is 1.57. The van der Waals surface area contributed by atoms with Gasteiger partial charge in [-0.2, -0.15) is 5.10 Å². The monoisotopic (exact) mass is 313 g/mol. The summed E-state index contributed by atoms with van der Waals surface area (Å²) in [5, 5.41) is 6.59. The van der Waals surface area contributed by atoms with E-state index in [4.69, 9.17) is 5.73 Å². The van der Waals surface area contributed by atoms with E-state index in [9.17, 15) is 0 Å². The number of aryl methyl sites for hydroxylation is 1. The van der Waals surface area contributed by atoms with Gasteiger partial charge in [-0.1, -0.05) is 13.8 Å². The minimum atomic E-state index is 0.680. The molecule has 0 amide bonds. The molecule has 0 radical (unpaired) electrons. The molecule has 3 nitrogen and oxygen atoms in total. The summed E-state index contributed by atoms with van der Waals surface area (Å²) >= 11 is 5.10. The third kappa shape index (κ3) is 3.10. The summed E-state index contributed by atoms with van der Waals surface area (Å²) in [4.78, 5) is 1.11. The van der Waals surface area contributed by atoms with E-state index in [1.54, 1.807) is 11.3 Å². The van der Waals surface area contributed by atoms with Crippen LogP contribution in [-0.4, -0.2) is 9.78 Å². The molecule has 0 bridgehead atoms. The van der Waals surface area contributed by atoms with Gasteiger partial charge in [-0.25, -0.2) is 0 Å². The molecule has 0 saturated heterocycles. The first kappa shape index (κ1) is 12.6. The molecule has 0 unspecified atom stereocenters. The van der Waals surface area contributed by atoms with Crippen molar-refractivity contribution in [3.63, 3.8) is 0 Å². The van der Waals surface area contributed by atoms with Crippen molar-refractivity contribution in [2.24, 2.45) is 5.92 Å². The number of nitrogen functional groups attached to an aromatic ring is 1. The van der Waals surface area contributed by atoms with Crippen LogP contribution in [0.5, 0.6) is 0 Å². The van der Waals surface area contributed by atoms with Crippen molar-refractivity contribution >= 4 is 33.0 Å². The highest BCUT2D eigenvalue weighted by atomic mass is 79.9. The maximum atomic E-state index is 6.00. The van der Waals surface area contributed by atoms with Crippen molar-refractivity contribution in [2.45, 2.75) is 26.8 Å². The molecular weight excluding hydrogens is 298 g/mol. The van der Waals surface area contributed by atoms with Gasteiger partial charge < -0.3 is 5.73 Å². The molecule has 2 aromatic heterocycles. The second-order valence-corrected chi connectivity index (χ2v) is 6.33. The highest BCUT2D eigenvalue weighted by Gasteiger charge is 2.10. The summed E-state index contributed by atoms with van der Waals surface area (Å²) in [6.07, 6.45) is 3.04. The van der Waals surface area contributed by atoms with E-state index in [0.29, 0.717) is 5.92 Å². The Morgan fingerprint density at radius 3 is 2.88 bits per heavy atom. The molecule has 0 aromatic carbocycles. The maximum absolute atomic E-state index is 6.00. The lowest BCUT2D eigenvalue weighted by molar-refractivity contribution is 0.488. The van der Waals surface area contributed by atoms with Crippen LogP contribution >= 0.6 is 27.3 Å². The number of hydrogen-bond acceptors (Lipinski definition) is 3. The third-order valence-electron chi connectivity index (χ3n) is 2.53. The topological polar surface area (TPSA) is 43.8 Å².